The van der Waals surface area contributed by atoms with Gasteiger partial charge in [0.05, 0.1) is 12.2 Å². The van der Waals surface area contributed by atoms with Crippen LogP contribution in [0.1, 0.15) is 66.2 Å². The minimum atomic E-state index is -1.18. The van der Waals surface area contributed by atoms with Crippen molar-refractivity contribution in [3.63, 3.8) is 0 Å². The average Bonchev–Trinajstić information content (AvgIpc) is 3.05. The lowest BCUT2D eigenvalue weighted by Crippen LogP contribution is -2.42. The monoisotopic (exact) mass is 318 g/mol. The van der Waals surface area contributed by atoms with Crippen molar-refractivity contribution < 1.29 is 14.6 Å². The number of ether oxygens (including phenoxy) is 2. The van der Waals surface area contributed by atoms with Crippen molar-refractivity contribution in [2.24, 2.45) is 11.3 Å². The molecule has 128 valence electrons. The number of allylic oxidation sites excluding steroid dienone is 2. The summed E-state index contributed by atoms with van der Waals surface area (Å²) in [6.45, 7) is 9.70. The molecule has 1 saturated heterocycles. The summed E-state index contributed by atoms with van der Waals surface area (Å²) in [5.74, 6) is -0.543. The van der Waals surface area contributed by atoms with Crippen molar-refractivity contribution in [3.05, 3.63) is 22.8 Å². The van der Waals surface area contributed by atoms with Gasteiger partial charge in [0.15, 0.2) is 0 Å². The van der Waals surface area contributed by atoms with E-state index < -0.39 is 5.79 Å². The maximum Gasteiger partial charge on any atom is 0.219 e. The zero-order valence-corrected chi connectivity index (χ0v) is 14.9. The lowest BCUT2D eigenvalue weighted by Gasteiger charge is -2.42. The molecule has 1 N–H and O–H groups in total. The predicted octanol–water partition coefficient (Wildman–Crippen LogP) is 4.12. The average molecular weight is 318 g/mol. The van der Waals surface area contributed by atoms with Crippen LogP contribution in [0.15, 0.2) is 22.8 Å². The van der Waals surface area contributed by atoms with E-state index in [9.17, 15) is 5.11 Å². The molecule has 23 heavy (non-hydrogen) atoms. The van der Waals surface area contributed by atoms with E-state index in [2.05, 4.69) is 33.8 Å². The Morgan fingerprint density at radius 1 is 1.17 bits per heavy atom. The molecule has 4 rings (SSSR count). The zero-order valence-electron chi connectivity index (χ0n) is 14.9. The molecule has 0 spiro atoms. The Balaban J connectivity index is 1.79. The van der Waals surface area contributed by atoms with Crippen LogP contribution in [0.4, 0.5) is 0 Å². The minimum Gasteiger partial charge on any atom is -0.360 e. The highest BCUT2D eigenvalue weighted by Gasteiger charge is 2.67. The van der Waals surface area contributed by atoms with E-state index in [1.165, 1.54) is 11.1 Å². The van der Waals surface area contributed by atoms with Gasteiger partial charge in [-0.1, -0.05) is 25.5 Å². The van der Waals surface area contributed by atoms with Crippen LogP contribution in [0.5, 0.6) is 0 Å². The van der Waals surface area contributed by atoms with Gasteiger partial charge in [0.1, 0.15) is 6.10 Å². The van der Waals surface area contributed by atoms with Gasteiger partial charge in [-0.3, -0.25) is 0 Å². The molecule has 0 amide bonds. The molecule has 5 atom stereocenters. The third kappa shape index (κ3) is 2.20. The fraction of sp³-hybridized carbons (Fsp3) is 0.800. The molecule has 3 heteroatoms. The summed E-state index contributed by atoms with van der Waals surface area (Å²) < 4.78 is 12.0. The molecule has 0 unspecified atom stereocenters. The maximum absolute atomic E-state index is 11.3. The summed E-state index contributed by atoms with van der Waals surface area (Å²) >= 11 is 0. The summed E-state index contributed by atoms with van der Waals surface area (Å²) in [5, 5.41) is 11.3. The van der Waals surface area contributed by atoms with Gasteiger partial charge in [-0.2, -0.15) is 0 Å². The van der Waals surface area contributed by atoms with Crippen molar-refractivity contribution in [2.45, 2.75) is 83.7 Å². The van der Waals surface area contributed by atoms with Gasteiger partial charge in [0.25, 0.3) is 0 Å². The quantitative estimate of drug-likeness (QED) is 0.540. The normalized spacial score (nSPS) is 52.1. The second kappa shape index (κ2) is 4.93. The molecule has 3 nitrogen and oxygen atoms in total. The number of hydrogen-bond donors (Lipinski definition) is 1. The first-order valence-corrected chi connectivity index (χ1v) is 9.22. The fourth-order valence-electron chi connectivity index (χ4n) is 5.10. The van der Waals surface area contributed by atoms with Gasteiger partial charge in [0, 0.05) is 0 Å². The zero-order chi connectivity index (χ0) is 16.5. The first kappa shape index (κ1) is 15.9. The van der Waals surface area contributed by atoms with Crippen molar-refractivity contribution in [2.75, 3.05) is 6.61 Å². The minimum absolute atomic E-state index is 0.137. The maximum atomic E-state index is 11.3. The van der Waals surface area contributed by atoms with Crippen LogP contribution >= 0.6 is 0 Å². The summed E-state index contributed by atoms with van der Waals surface area (Å²) in [5.41, 5.74) is 3.89. The highest BCUT2D eigenvalue weighted by atomic mass is 16.7. The summed E-state index contributed by atoms with van der Waals surface area (Å²) in [4.78, 5) is 0. The smallest absolute Gasteiger partial charge is 0.219 e. The standard InChI is InChI=1S/C20H30O3/c1-13-6-5-10-19(4)17(23-19)20(21)15-8-7-14(2)18(3,11-9-13)16(15)12-22-20/h6,14,17,21H,5,7-12H2,1-4H3/b13-6-/t14-,17+,18+,19-,20+/m0/s1. The fourth-order valence-corrected chi connectivity index (χ4v) is 5.10. The van der Waals surface area contributed by atoms with Gasteiger partial charge in [-0.05, 0) is 74.9 Å². The van der Waals surface area contributed by atoms with Crippen LogP contribution in [-0.2, 0) is 9.47 Å². The Bertz CT molecular complexity index is 592. The van der Waals surface area contributed by atoms with Crippen LogP contribution in [0.3, 0.4) is 0 Å². The molecule has 2 heterocycles. The molecular weight excluding hydrogens is 288 g/mol. The third-order valence-electron chi connectivity index (χ3n) is 7.25. The molecule has 4 aliphatic rings. The molecule has 2 aliphatic carbocycles. The lowest BCUT2D eigenvalue weighted by molar-refractivity contribution is -0.169. The topological polar surface area (TPSA) is 42.0 Å². The van der Waals surface area contributed by atoms with Crippen LogP contribution in [0.25, 0.3) is 0 Å². The second-order valence-corrected chi connectivity index (χ2v) is 8.70. The third-order valence-corrected chi connectivity index (χ3v) is 7.25. The van der Waals surface area contributed by atoms with Crippen LogP contribution in [0, 0.1) is 11.3 Å². The first-order chi connectivity index (χ1) is 10.8. The Labute approximate surface area is 139 Å². The van der Waals surface area contributed by atoms with Gasteiger partial charge in [0.2, 0.25) is 5.79 Å². The largest absolute Gasteiger partial charge is 0.360 e. The van der Waals surface area contributed by atoms with Gasteiger partial charge in [-0.15, -0.1) is 0 Å². The Morgan fingerprint density at radius 3 is 2.74 bits per heavy atom. The first-order valence-electron chi connectivity index (χ1n) is 9.22. The van der Waals surface area contributed by atoms with E-state index in [0.717, 1.165) is 44.1 Å². The molecular formula is C20H30O3. The molecule has 0 aromatic heterocycles. The van der Waals surface area contributed by atoms with Crippen LogP contribution in [-0.4, -0.2) is 29.2 Å². The van der Waals surface area contributed by atoms with Crippen molar-refractivity contribution >= 4 is 0 Å². The van der Waals surface area contributed by atoms with E-state index in [-0.39, 0.29) is 17.1 Å². The molecule has 1 fully saturated rings. The second-order valence-electron chi connectivity index (χ2n) is 8.70. The highest BCUT2D eigenvalue weighted by Crippen LogP contribution is 2.59. The van der Waals surface area contributed by atoms with E-state index in [4.69, 9.17) is 9.47 Å². The summed E-state index contributed by atoms with van der Waals surface area (Å²) in [6, 6.07) is 0. The van der Waals surface area contributed by atoms with Gasteiger partial charge >= 0.3 is 0 Å². The predicted molar refractivity (Wildman–Crippen MR) is 89.9 cm³/mol. The molecule has 0 aromatic rings. The Hall–Kier alpha value is -0.640. The van der Waals surface area contributed by atoms with Crippen molar-refractivity contribution in [1.29, 1.82) is 0 Å². The van der Waals surface area contributed by atoms with E-state index in [1.807, 2.05) is 0 Å². The molecule has 0 aromatic carbocycles. The lowest BCUT2D eigenvalue weighted by atomic mass is 9.62. The number of aliphatic hydroxyl groups is 1. The molecule has 2 aliphatic heterocycles. The number of epoxide rings is 1. The van der Waals surface area contributed by atoms with Crippen LogP contribution < -0.4 is 0 Å². The van der Waals surface area contributed by atoms with E-state index >= 15 is 0 Å². The van der Waals surface area contributed by atoms with Crippen LogP contribution in [0.2, 0.25) is 0 Å². The summed E-state index contributed by atoms with van der Waals surface area (Å²) in [7, 11) is 0. The molecule has 0 radical (unpaired) electrons. The van der Waals surface area contributed by atoms with Gasteiger partial charge < -0.3 is 14.6 Å². The van der Waals surface area contributed by atoms with Crippen molar-refractivity contribution in [3.8, 4) is 0 Å². The summed E-state index contributed by atoms with van der Waals surface area (Å²) in [6.07, 6.45) is 8.51. The number of hydrogen-bond acceptors (Lipinski definition) is 3. The van der Waals surface area contributed by atoms with Gasteiger partial charge in [-0.25, -0.2) is 0 Å². The molecule has 4 bridgehead atoms. The SMILES string of the molecule is C/C1=C/CC[C@]2(C)O[C@H]2[C@]2(O)OCC3=C2CC[C@H](C)[C@@]3(C)CC1. The number of rotatable bonds is 0. The van der Waals surface area contributed by atoms with E-state index in [0.29, 0.717) is 12.5 Å². The Kier molecular flexibility index (Phi) is 3.40. The van der Waals surface area contributed by atoms with E-state index in [1.54, 1.807) is 0 Å². The Morgan fingerprint density at radius 2 is 1.96 bits per heavy atom. The highest BCUT2D eigenvalue weighted by molar-refractivity contribution is 5.38. The number of fused-ring (bicyclic) bond motifs is 2. The van der Waals surface area contributed by atoms with Crippen molar-refractivity contribution in [1.82, 2.24) is 0 Å². The molecule has 0 saturated carbocycles.